The minimum Gasteiger partial charge on any atom is -0.480 e. The number of carbonyl (C=O) groups excluding carboxylic acids is 1. The van der Waals surface area contributed by atoms with Crippen LogP contribution in [0.2, 0.25) is 0 Å². The first kappa shape index (κ1) is 15.0. The molecule has 0 radical (unpaired) electrons. The van der Waals surface area contributed by atoms with Crippen LogP contribution in [0.3, 0.4) is 0 Å². The molecule has 19 heavy (non-hydrogen) atoms. The predicted octanol–water partition coefficient (Wildman–Crippen LogP) is 1.48. The molecule has 0 saturated carbocycles. The van der Waals surface area contributed by atoms with Crippen molar-refractivity contribution in [3.8, 4) is 0 Å². The van der Waals surface area contributed by atoms with Crippen LogP contribution in [0.25, 0.3) is 0 Å². The molecule has 1 unspecified atom stereocenters. The van der Waals surface area contributed by atoms with Crippen molar-refractivity contribution in [2.24, 2.45) is 5.92 Å². The number of aromatic nitrogens is 2. The van der Waals surface area contributed by atoms with Crippen LogP contribution in [0.4, 0.5) is 10.5 Å². The summed E-state index contributed by atoms with van der Waals surface area (Å²) in [5.41, 5.74) is 0.488. The van der Waals surface area contributed by atoms with Gasteiger partial charge in [0.25, 0.3) is 0 Å². The zero-order valence-electron chi connectivity index (χ0n) is 11.5. The van der Waals surface area contributed by atoms with Gasteiger partial charge in [-0.05, 0) is 5.92 Å². The fourth-order valence-electron chi connectivity index (χ4n) is 1.55. The first-order valence-electron chi connectivity index (χ1n) is 6.18. The molecule has 7 heteroatoms. The van der Waals surface area contributed by atoms with Gasteiger partial charge in [0.1, 0.15) is 6.54 Å². The highest BCUT2D eigenvalue weighted by atomic mass is 16.4. The number of aliphatic carboxylic acids is 1. The largest absolute Gasteiger partial charge is 0.480 e. The number of nitrogens with one attached hydrogen (secondary N) is 1. The van der Waals surface area contributed by atoms with E-state index in [4.69, 9.17) is 5.11 Å². The summed E-state index contributed by atoms with van der Waals surface area (Å²) in [5, 5.41) is 15.1. The Kier molecular flexibility index (Phi) is 5.35. The summed E-state index contributed by atoms with van der Waals surface area (Å²) in [4.78, 5) is 24.0. The molecule has 2 N–H and O–H groups in total. The number of anilines is 1. The molecule has 0 aromatic carbocycles. The van der Waals surface area contributed by atoms with Crippen molar-refractivity contribution in [2.45, 2.75) is 26.8 Å². The summed E-state index contributed by atoms with van der Waals surface area (Å²) < 4.78 is 1.26. The van der Waals surface area contributed by atoms with E-state index in [1.165, 1.54) is 17.1 Å². The van der Waals surface area contributed by atoms with Crippen LogP contribution in [0.15, 0.2) is 12.4 Å². The van der Waals surface area contributed by atoms with Crippen LogP contribution in [0.5, 0.6) is 0 Å². The Hall–Kier alpha value is -2.05. The maximum absolute atomic E-state index is 11.9. The second-order valence-electron chi connectivity index (χ2n) is 4.64. The molecule has 7 nitrogen and oxygen atoms in total. The molecule has 1 aromatic heterocycles. The minimum atomic E-state index is -0.977. The lowest BCUT2D eigenvalue weighted by atomic mass is 10.1. The number of nitrogens with zero attached hydrogens (tertiary/aromatic N) is 3. The molecule has 0 bridgehead atoms. The number of rotatable bonds is 6. The summed E-state index contributed by atoms with van der Waals surface area (Å²) >= 11 is 0. The third-order valence-corrected chi connectivity index (χ3v) is 2.81. The standard InChI is InChI=1S/C12H20N4O3/c1-4-9(2)6-15(3)12(19)14-10-5-13-16(7-10)8-11(17)18/h5,7,9H,4,6,8H2,1-3H3,(H,14,19)(H,17,18). The third kappa shape index (κ3) is 4.99. The lowest BCUT2D eigenvalue weighted by Crippen LogP contribution is -2.34. The average Bonchev–Trinajstić information content (AvgIpc) is 2.75. The molecule has 1 aromatic rings. The molecule has 2 amide bonds. The summed E-state index contributed by atoms with van der Waals surface area (Å²) in [6.07, 6.45) is 3.93. The van der Waals surface area contributed by atoms with Crippen LogP contribution in [0.1, 0.15) is 20.3 Å². The van der Waals surface area contributed by atoms with E-state index in [0.29, 0.717) is 18.2 Å². The molecule has 0 saturated heterocycles. The van der Waals surface area contributed by atoms with Gasteiger partial charge in [-0.1, -0.05) is 20.3 Å². The molecular formula is C12H20N4O3. The summed E-state index contributed by atoms with van der Waals surface area (Å²) in [7, 11) is 1.73. The molecule has 0 aliphatic heterocycles. The second-order valence-corrected chi connectivity index (χ2v) is 4.64. The predicted molar refractivity (Wildman–Crippen MR) is 71.0 cm³/mol. The zero-order valence-corrected chi connectivity index (χ0v) is 11.5. The second kappa shape index (κ2) is 6.77. The SMILES string of the molecule is CCC(C)CN(C)C(=O)Nc1cnn(CC(=O)O)c1. The van der Waals surface area contributed by atoms with Crippen molar-refractivity contribution in [2.75, 3.05) is 18.9 Å². The highest BCUT2D eigenvalue weighted by Gasteiger charge is 2.12. The highest BCUT2D eigenvalue weighted by molar-refractivity contribution is 5.88. The third-order valence-electron chi connectivity index (χ3n) is 2.81. The van der Waals surface area contributed by atoms with E-state index in [0.717, 1.165) is 6.42 Å². The summed E-state index contributed by atoms with van der Waals surface area (Å²) in [5.74, 6) is -0.541. The maximum atomic E-state index is 11.9. The Balaban J connectivity index is 2.52. The fraction of sp³-hybridized carbons (Fsp3) is 0.583. The Morgan fingerprint density at radius 2 is 2.26 bits per heavy atom. The van der Waals surface area contributed by atoms with E-state index < -0.39 is 5.97 Å². The Morgan fingerprint density at radius 1 is 1.58 bits per heavy atom. The number of carboxylic acids is 1. The van der Waals surface area contributed by atoms with Crippen LogP contribution in [0, 0.1) is 5.92 Å². The lowest BCUT2D eigenvalue weighted by molar-refractivity contribution is -0.137. The van der Waals surface area contributed by atoms with Crippen molar-refractivity contribution in [1.82, 2.24) is 14.7 Å². The van der Waals surface area contributed by atoms with Crippen molar-refractivity contribution in [3.05, 3.63) is 12.4 Å². The van der Waals surface area contributed by atoms with E-state index in [1.807, 2.05) is 0 Å². The van der Waals surface area contributed by atoms with Gasteiger partial charge in [0.05, 0.1) is 11.9 Å². The van der Waals surface area contributed by atoms with Gasteiger partial charge in [0.15, 0.2) is 0 Å². The first-order valence-corrected chi connectivity index (χ1v) is 6.18. The first-order chi connectivity index (χ1) is 8.92. The molecule has 1 heterocycles. The van der Waals surface area contributed by atoms with E-state index in [2.05, 4.69) is 24.3 Å². The van der Waals surface area contributed by atoms with Gasteiger partial charge in [-0.2, -0.15) is 5.10 Å². The fourth-order valence-corrected chi connectivity index (χ4v) is 1.55. The number of hydrogen-bond acceptors (Lipinski definition) is 3. The molecule has 0 spiro atoms. The molecule has 0 aliphatic carbocycles. The molecule has 106 valence electrons. The Morgan fingerprint density at radius 3 is 2.84 bits per heavy atom. The Bertz CT molecular complexity index is 444. The number of urea groups is 1. The quantitative estimate of drug-likeness (QED) is 0.818. The van der Waals surface area contributed by atoms with Crippen LogP contribution >= 0.6 is 0 Å². The zero-order chi connectivity index (χ0) is 14.4. The van der Waals surface area contributed by atoms with Gasteiger partial charge in [-0.25, -0.2) is 4.79 Å². The van der Waals surface area contributed by atoms with Crippen LogP contribution < -0.4 is 5.32 Å². The lowest BCUT2D eigenvalue weighted by Gasteiger charge is -2.20. The van der Waals surface area contributed by atoms with Gasteiger partial charge in [-0.3, -0.25) is 9.48 Å². The topological polar surface area (TPSA) is 87.5 Å². The van der Waals surface area contributed by atoms with E-state index in [9.17, 15) is 9.59 Å². The van der Waals surface area contributed by atoms with Crippen molar-refractivity contribution in [3.63, 3.8) is 0 Å². The van der Waals surface area contributed by atoms with E-state index in [-0.39, 0.29) is 12.6 Å². The normalized spacial score (nSPS) is 11.9. The molecular weight excluding hydrogens is 248 g/mol. The molecule has 0 aliphatic rings. The van der Waals surface area contributed by atoms with E-state index in [1.54, 1.807) is 11.9 Å². The van der Waals surface area contributed by atoms with Gasteiger partial charge in [0.2, 0.25) is 0 Å². The van der Waals surface area contributed by atoms with Crippen molar-refractivity contribution < 1.29 is 14.7 Å². The monoisotopic (exact) mass is 268 g/mol. The van der Waals surface area contributed by atoms with Gasteiger partial charge < -0.3 is 15.3 Å². The van der Waals surface area contributed by atoms with E-state index >= 15 is 0 Å². The van der Waals surface area contributed by atoms with Gasteiger partial charge in [-0.15, -0.1) is 0 Å². The van der Waals surface area contributed by atoms with Crippen LogP contribution in [-0.4, -0.2) is 45.4 Å². The number of carboxylic acid groups (broad SMARTS) is 1. The summed E-state index contributed by atoms with van der Waals surface area (Å²) in [6, 6.07) is -0.227. The molecule has 1 atom stereocenters. The Labute approximate surface area is 112 Å². The van der Waals surface area contributed by atoms with Crippen molar-refractivity contribution >= 4 is 17.7 Å². The van der Waals surface area contributed by atoms with Gasteiger partial charge in [0, 0.05) is 19.8 Å². The molecule has 1 rings (SSSR count). The summed E-state index contributed by atoms with van der Waals surface area (Å²) in [6.45, 7) is 4.60. The number of hydrogen-bond donors (Lipinski definition) is 2. The smallest absolute Gasteiger partial charge is 0.325 e. The highest BCUT2D eigenvalue weighted by Crippen LogP contribution is 2.08. The number of amides is 2. The number of carbonyl (C=O) groups is 2. The van der Waals surface area contributed by atoms with Gasteiger partial charge >= 0.3 is 12.0 Å². The minimum absolute atomic E-state index is 0.224. The maximum Gasteiger partial charge on any atom is 0.325 e. The van der Waals surface area contributed by atoms with Crippen molar-refractivity contribution in [1.29, 1.82) is 0 Å². The average molecular weight is 268 g/mol. The van der Waals surface area contributed by atoms with Crippen LogP contribution in [-0.2, 0) is 11.3 Å². The molecule has 0 fully saturated rings.